The van der Waals surface area contributed by atoms with Crippen LogP contribution in [0.2, 0.25) is 0 Å². The van der Waals surface area contributed by atoms with Crippen LogP contribution in [0.25, 0.3) is 0 Å². The zero-order valence-electron chi connectivity index (χ0n) is 11.6. The van der Waals surface area contributed by atoms with Crippen LogP contribution in [0.4, 0.5) is 5.95 Å². The molecule has 0 aliphatic carbocycles. The molecule has 1 rings (SSSR count). The van der Waals surface area contributed by atoms with Crippen molar-refractivity contribution in [1.29, 1.82) is 0 Å². The van der Waals surface area contributed by atoms with Gasteiger partial charge in [0, 0.05) is 28.2 Å². The van der Waals surface area contributed by atoms with Crippen LogP contribution in [0.1, 0.15) is 5.82 Å². The molecule has 1 N–H and O–H groups in total. The summed E-state index contributed by atoms with van der Waals surface area (Å²) in [6.07, 6.45) is 0. The minimum Gasteiger partial charge on any atom is -0.467 e. The summed E-state index contributed by atoms with van der Waals surface area (Å²) in [5.74, 6) is 0.673. The zero-order valence-corrected chi connectivity index (χ0v) is 12.4. The molecule has 0 unspecified atom stereocenters. The molecule has 108 valence electrons. The molecule has 1 aromatic heterocycles. The molecule has 1 aromatic rings. The molecule has 0 spiro atoms. The quantitative estimate of drug-likeness (QED) is 0.705. The number of hydrogen-bond acceptors (Lipinski definition) is 7. The summed E-state index contributed by atoms with van der Waals surface area (Å²) in [5.41, 5.74) is 0. The summed E-state index contributed by atoms with van der Waals surface area (Å²) >= 11 is 0. The van der Waals surface area contributed by atoms with Crippen LogP contribution < -0.4 is 14.4 Å². The highest BCUT2D eigenvalue weighted by Gasteiger charge is 2.15. The molecule has 0 aliphatic rings. The Morgan fingerprint density at radius 1 is 1.16 bits per heavy atom. The van der Waals surface area contributed by atoms with Gasteiger partial charge >= 0.3 is 6.01 Å². The highest BCUT2D eigenvalue weighted by molar-refractivity contribution is 7.87. The standard InChI is InChI=1S/C9H18N6O3S/c1-14(2)8-11-7(12-9(13-8)18-5)6-10-19(16,17)15(3)4/h10H,6H2,1-5H3. The normalized spacial score (nSPS) is 11.7. The van der Waals surface area contributed by atoms with Crippen molar-refractivity contribution in [1.82, 2.24) is 24.0 Å². The first-order chi connectivity index (χ1) is 8.76. The lowest BCUT2D eigenvalue weighted by Gasteiger charge is -2.14. The SMILES string of the molecule is COc1nc(CNS(=O)(=O)N(C)C)nc(N(C)C)n1. The first-order valence-corrected chi connectivity index (χ1v) is 6.83. The number of rotatable bonds is 6. The predicted molar refractivity (Wildman–Crippen MR) is 70.2 cm³/mol. The first-order valence-electron chi connectivity index (χ1n) is 5.39. The molecule has 1 heterocycles. The van der Waals surface area contributed by atoms with E-state index in [4.69, 9.17) is 4.74 Å². The van der Waals surface area contributed by atoms with Gasteiger partial charge in [0.05, 0.1) is 13.7 Å². The highest BCUT2D eigenvalue weighted by Crippen LogP contribution is 2.09. The van der Waals surface area contributed by atoms with Gasteiger partial charge in [-0.05, 0) is 0 Å². The van der Waals surface area contributed by atoms with E-state index in [1.807, 2.05) is 0 Å². The van der Waals surface area contributed by atoms with Crippen LogP contribution in [0.3, 0.4) is 0 Å². The summed E-state index contributed by atoms with van der Waals surface area (Å²) in [6.45, 7) is -0.0414. The fourth-order valence-corrected chi connectivity index (χ4v) is 1.61. The molecule has 0 saturated heterocycles. The Morgan fingerprint density at radius 2 is 1.79 bits per heavy atom. The summed E-state index contributed by atoms with van der Waals surface area (Å²) in [6, 6.07) is 0.137. The van der Waals surface area contributed by atoms with E-state index in [0.29, 0.717) is 5.95 Å². The van der Waals surface area contributed by atoms with E-state index in [0.717, 1.165) is 4.31 Å². The second kappa shape index (κ2) is 6.08. The Morgan fingerprint density at radius 3 is 2.26 bits per heavy atom. The van der Waals surface area contributed by atoms with E-state index in [1.54, 1.807) is 19.0 Å². The maximum absolute atomic E-state index is 11.6. The van der Waals surface area contributed by atoms with Crippen molar-refractivity contribution in [2.45, 2.75) is 6.54 Å². The van der Waals surface area contributed by atoms with Gasteiger partial charge in [0.15, 0.2) is 5.82 Å². The molecule has 10 heteroatoms. The molecular formula is C9H18N6O3S. The summed E-state index contributed by atoms with van der Waals surface area (Å²) in [5, 5.41) is 0. The van der Waals surface area contributed by atoms with Gasteiger partial charge < -0.3 is 9.64 Å². The third-order valence-electron chi connectivity index (χ3n) is 2.13. The van der Waals surface area contributed by atoms with Crippen molar-refractivity contribution in [2.75, 3.05) is 40.2 Å². The van der Waals surface area contributed by atoms with Gasteiger partial charge in [-0.25, -0.2) is 0 Å². The molecule has 0 aromatic carbocycles. The highest BCUT2D eigenvalue weighted by atomic mass is 32.2. The van der Waals surface area contributed by atoms with Crippen molar-refractivity contribution in [3.05, 3.63) is 5.82 Å². The molecule has 0 bridgehead atoms. The topological polar surface area (TPSA) is 101 Å². The molecular weight excluding hydrogens is 272 g/mol. The number of hydrogen-bond donors (Lipinski definition) is 1. The van der Waals surface area contributed by atoms with E-state index in [2.05, 4.69) is 19.7 Å². The Kier molecular flexibility index (Phi) is 4.97. The number of ether oxygens (including phenoxy) is 1. The van der Waals surface area contributed by atoms with Crippen LogP contribution in [0.15, 0.2) is 0 Å². The van der Waals surface area contributed by atoms with Crippen LogP contribution >= 0.6 is 0 Å². The van der Waals surface area contributed by atoms with E-state index < -0.39 is 10.2 Å². The molecule has 0 saturated carbocycles. The van der Waals surface area contributed by atoms with Gasteiger partial charge in [0.2, 0.25) is 5.95 Å². The minimum atomic E-state index is -3.52. The number of nitrogens with one attached hydrogen (secondary N) is 1. The molecule has 0 atom stereocenters. The Balaban J connectivity index is 2.92. The second-order valence-electron chi connectivity index (χ2n) is 4.04. The number of aromatic nitrogens is 3. The van der Waals surface area contributed by atoms with Crippen LogP contribution in [-0.4, -0.2) is 63.0 Å². The van der Waals surface area contributed by atoms with Gasteiger partial charge in [-0.2, -0.15) is 32.4 Å². The van der Waals surface area contributed by atoms with Crippen molar-refractivity contribution in [2.24, 2.45) is 0 Å². The molecule has 0 radical (unpaired) electrons. The maximum Gasteiger partial charge on any atom is 0.321 e. The largest absolute Gasteiger partial charge is 0.467 e. The maximum atomic E-state index is 11.6. The Hall–Kier alpha value is -1.52. The zero-order chi connectivity index (χ0) is 14.6. The lowest BCUT2D eigenvalue weighted by atomic mass is 10.6. The molecule has 9 nitrogen and oxygen atoms in total. The van der Waals surface area contributed by atoms with E-state index in [1.165, 1.54) is 21.2 Å². The lowest BCUT2D eigenvalue weighted by molar-refractivity contribution is 0.375. The predicted octanol–water partition coefficient (Wildman–Crippen LogP) is -1.16. The number of nitrogens with zero attached hydrogens (tertiary/aromatic N) is 5. The average molecular weight is 290 g/mol. The summed E-state index contributed by atoms with van der Waals surface area (Å²) in [7, 11) is 4.31. The van der Waals surface area contributed by atoms with Gasteiger partial charge in [-0.1, -0.05) is 0 Å². The molecule has 0 amide bonds. The van der Waals surface area contributed by atoms with E-state index in [9.17, 15) is 8.42 Å². The fraction of sp³-hybridized carbons (Fsp3) is 0.667. The third-order valence-corrected chi connectivity index (χ3v) is 3.60. The Labute approximate surface area is 112 Å². The van der Waals surface area contributed by atoms with Crippen molar-refractivity contribution in [3.8, 4) is 6.01 Å². The van der Waals surface area contributed by atoms with Gasteiger partial charge in [0.1, 0.15) is 0 Å². The van der Waals surface area contributed by atoms with Crippen molar-refractivity contribution in [3.63, 3.8) is 0 Å². The smallest absolute Gasteiger partial charge is 0.321 e. The molecule has 19 heavy (non-hydrogen) atoms. The number of anilines is 1. The molecule has 0 aliphatic heterocycles. The monoisotopic (exact) mass is 290 g/mol. The third kappa shape index (κ3) is 4.26. The van der Waals surface area contributed by atoms with Crippen LogP contribution in [0, 0.1) is 0 Å². The summed E-state index contributed by atoms with van der Waals surface area (Å²) in [4.78, 5) is 13.8. The van der Waals surface area contributed by atoms with Crippen LogP contribution in [-0.2, 0) is 16.8 Å². The van der Waals surface area contributed by atoms with E-state index >= 15 is 0 Å². The van der Waals surface area contributed by atoms with E-state index in [-0.39, 0.29) is 18.4 Å². The Bertz CT molecular complexity index is 531. The second-order valence-corrected chi connectivity index (χ2v) is 6.01. The first kappa shape index (κ1) is 15.5. The number of methoxy groups -OCH3 is 1. The van der Waals surface area contributed by atoms with Crippen molar-refractivity contribution >= 4 is 16.2 Å². The fourth-order valence-electron chi connectivity index (χ4n) is 1.04. The lowest BCUT2D eigenvalue weighted by Crippen LogP contribution is -2.35. The van der Waals surface area contributed by atoms with Gasteiger partial charge in [-0.15, -0.1) is 0 Å². The van der Waals surface area contributed by atoms with Crippen molar-refractivity contribution < 1.29 is 13.2 Å². The minimum absolute atomic E-state index is 0.0414. The van der Waals surface area contributed by atoms with Gasteiger partial charge in [-0.3, -0.25) is 0 Å². The van der Waals surface area contributed by atoms with Gasteiger partial charge in [0.25, 0.3) is 10.2 Å². The average Bonchev–Trinajstić information content (AvgIpc) is 2.35. The van der Waals surface area contributed by atoms with Crippen LogP contribution in [0.5, 0.6) is 6.01 Å². The molecule has 0 fully saturated rings. The summed E-state index contributed by atoms with van der Waals surface area (Å²) < 4.78 is 31.5.